The van der Waals surface area contributed by atoms with Crippen molar-refractivity contribution in [2.75, 3.05) is 5.73 Å². The smallest absolute Gasteiger partial charge is 0.146 e. The summed E-state index contributed by atoms with van der Waals surface area (Å²) < 4.78 is 11.6. The maximum Gasteiger partial charge on any atom is 0.146 e. The molecule has 0 radical (unpaired) electrons. The number of anilines is 1. The van der Waals surface area contributed by atoms with Gasteiger partial charge in [-0.05, 0) is 57.0 Å². The minimum absolute atomic E-state index is 0.0771. The van der Waals surface area contributed by atoms with Gasteiger partial charge in [0.2, 0.25) is 0 Å². The largest absolute Gasteiger partial charge is 0.489 e. The summed E-state index contributed by atoms with van der Waals surface area (Å²) in [6.45, 7) is 8.06. The van der Waals surface area contributed by atoms with E-state index in [0.717, 1.165) is 17.1 Å². The molecule has 0 spiro atoms. The van der Waals surface area contributed by atoms with E-state index in [1.807, 2.05) is 45.0 Å². The number of rotatable bonds is 4. The van der Waals surface area contributed by atoms with Gasteiger partial charge in [-0.15, -0.1) is 0 Å². The number of hydrogen-bond donors (Lipinski definition) is 1. The third-order valence-electron chi connectivity index (χ3n) is 3.13. The second-order valence-electron chi connectivity index (χ2n) is 5.17. The quantitative estimate of drug-likeness (QED) is 0.835. The van der Waals surface area contributed by atoms with Gasteiger partial charge in [0.25, 0.3) is 0 Å². The molecule has 0 heterocycles. The van der Waals surface area contributed by atoms with E-state index in [2.05, 4.69) is 13.0 Å². The molecule has 0 saturated carbocycles. The fourth-order valence-corrected chi connectivity index (χ4v) is 1.90. The van der Waals surface area contributed by atoms with E-state index in [9.17, 15) is 0 Å². The van der Waals surface area contributed by atoms with Crippen molar-refractivity contribution in [3.8, 4) is 17.2 Å². The van der Waals surface area contributed by atoms with E-state index >= 15 is 0 Å². The van der Waals surface area contributed by atoms with Crippen LogP contribution in [0.3, 0.4) is 0 Å². The van der Waals surface area contributed by atoms with Crippen LogP contribution in [0.1, 0.15) is 25.0 Å². The van der Waals surface area contributed by atoms with Crippen molar-refractivity contribution in [3.05, 3.63) is 47.5 Å². The molecule has 106 valence electrons. The zero-order valence-corrected chi connectivity index (χ0v) is 12.4. The molecular weight excluding hydrogens is 250 g/mol. The van der Waals surface area contributed by atoms with E-state index in [0.29, 0.717) is 11.4 Å². The average molecular weight is 271 g/mol. The zero-order valence-electron chi connectivity index (χ0n) is 12.4. The Hall–Kier alpha value is -2.16. The molecule has 0 fully saturated rings. The molecule has 0 unspecified atom stereocenters. The Labute approximate surface area is 120 Å². The van der Waals surface area contributed by atoms with E-state index in [1.54, 1.807) is 6.07 Å². The molecule has 0 amide bonds. The third kappa shape index (κ3) is 3.23. The highest BCUT2D eigenvalue weighted by molar-refractivity contribution is 5.56. The van der Waals surface area contributed by atoms with Crippen molar-refractivity contribution in [1.82, 2.24) is 0 Å². The molecule has 2 aromatic rings. The van der Waals surface area contributed by atoms with Crippen molar-refractivity contribution in [2.45, 2.75) is 33.8 Å². The summed E-state index contributed by atoms with van der Waals surface area (Å²) in [4.78, 5) is 0. The Morgan fingerprint density at radius 2 is 1.75 bits per heavy atom. The fraction of sp³-hybridized carbons (Fsp3) is 0.294. The van der Waals surface area contributed by atoms with Crippen LogP contribution in [0.15, 0.2) is 36.4 Å². The van der Waals surface area contributed by atoms with Gasteiger partial charge in [0.1, 0.15) is 17.2 Å². The van der Waals surface area contributed by atoms with Crippen LogP contribution < -0.4 is 15.2 Å². The molecule has 2 N–H and O–H groups in total. The standard InChI is InChI=1S/C17H21NO2/c1-11(2)19-17-10-14(8-9-15(17)18)20-16-7-5-6-12(3)13(16)4/h5-11H,18H2,1-4H3. The van der Waals surface area contributed by atoms with Gasteiger partial charge in [-0.25, -0.2) is 0 Å². The average Bonchev–Trinajstić information content (AvgIpc) is 2.38. The molecule has 0 bridgehead atoms. The predicted molar refractivity (Wildman–Crippen MR) is 82.6 cm³/mol. The first kappa shape index (κ1) is 14.3. The highest BCUT2D eigenvalue weighted by atomic mass is 16.5. The first-order valence-corrected chi connectivity index (χ1v) is 6.77. The van der Waals surface area contributed by atoms with Crippen molar-refractivity contribution in [3.63, 3.8) is 0 Å². The van der Waals surface area contributed by atoms with Gasteiger partial charge in [0.15, 0.2) is 0 Å². The Morgan fingerprint density at radius 1 is 1.00 bits per heavy atom. The molecule has 20 heavy (non-hydrogen) atoms. The second-order valence-corrected chi connectivity index (χ2v) is 5.17. The lowest BCUT2D eigenvalue weighted by atomic mass is 10.1. The van der Waals surface area contributed by atoms with Crippen molar-refractivity contribution in [1.29, 1.82) is 0 Å². The highest BCUT2D eigenvalue weighted by Gasteiger charge is 2.08. The van der Waals surface area contributed by atoms with Crippen molar-refractivity contribution < 1.29 is 9.47 Å². The summed E-state index contributed by atoms with van der Waals surface area (Å²) in [5, 5.41) is 0. The molecule has 0 aliphatic rings. The number of benzene rings is 2. The molecule has 2 aromatic carbocycles. The third-order valence-corrected chi connectivity index (χ3v) is 3.13. The van der Waals surface area contributed by atoms with Crippen LogP contribution in [0.2, 0.25) is 0 Å². The van der Waals surface area contributed by atoms with Crippen LogP contribution >= 0.6 is 0 Å². The maximum atomic E-state index is 5.93. The van der Waals surface area contributed by atoms with Gasteiger partial charge in [0.05, 0.1) is 11.8 Å². The van der Waals surface area contributed by atoms with E-state index in [-0.39, 0.29) is 6.10 Å². The molecule has 0 aliphatic carbocycles. The first-order valence-electron chi connectivity index (χ1n) is 6.77. The maximum absolute atomic E-state index is 5.93. The van der Waals surface area contributed by atoms with Crippen LogP contribution in [0.4, 0.5) is 5.69 Å². The highest BCUT2D eigenvalue weighted by Crippen LogP contribution is 2.32. The summed E-state index contributed by atoms with van der Waals surface area (Å²) in [6, 6.07) is 11.5. The van der Waals surface area contributed by atoms with Gasteiger partial charge >= 0.3 is 0 Å². The Kier molecular flexibility index (Phi) is 4.18. The minimum atomic E-state index is 0.0771. The molecule has 0 aliphatic heterocycles. The van der Waals surface area contributed by atoms with Gasteiger partial charge in [0, 0.05) is 6.07 Å². The molecule has 3 nitrogen and oxygen atoms in total. The number of aryl methyl sites for hydroxylation is 1. The summed E-state index contributed by atoms with van der Waals surface area (Å²) in [6.07, 6.45) is 0.0771. The molecule has 0 atom stereocenters. The molecule has 3 heteroatoms. The Balaban J connectivity index is 2.27. The molecular formula is C17H21NO2. The lowest BCUT2D eigenvalue weighted by Crippen LogP contribution is -2.07. The second kappa shape index (κ2) is 5.87. The number of nitrogen functional groups attached to an aromatic ring is 1. The van der Waals surface area contributed by atoms with Crippen molar-refractivity contribution >= 4 is 5.69 Å². The molecule has 0 saturated heterocycles. The SMILES string of the molecule is Cc1cccc(Oc2ccc(N)c(OC(C)C)c2)c1C. The summed E-state index contributed by atoms with van der Waals surface area (Å²) in [7, 11) is 0. The Morgan fingerprint density at radius 3 is 2.45 bits per heavy atom. The summed E-state index contributed by atoms with van der Waals surface area (Å²) >= 11 is 0. The minimum Gasteiger partial charge on any atom is -0.489 e. The summed E-state index contributed by atoms with van der Waals surface area (Å²) in [5.41, 5.74) is 8.86. The predicted octanol–water partition coefficient (Wildman–Crippen LogP) is 4.47. The van der Waals surface area contributed by atoms with Crippen LogP contribution in [-0.2, 0) is 0 Å². The Bertz CT molecular complexity index is 606. The summed E-state index contributed by atoms with van der Waals surface area (Å²) in [5.74, 6) is 2.23. The van der Waals surface area contributed by atoms with Crippen LogP contribution in [-0.4, -0.2) is 6.10 Å². The van der Waals surface area contributed by atoms with E-state index < -0.39 is 0 Å². The molecule has 0 aromatic heterocycles. The monoisotopic (exact) mass is 271 g/mol. The van der Waals surface area contributed by atoms with Gasteiger partial charge in [-0.3, -0.25) is 0 Å². The lowest BCUT2D eigenvalue weighted by Gasteiger charge is -2.15. The number of ether oxygens (including phenoxy) is 2. The van der Waals surface area contributed by atoms with Gasteiger partial charge in [-0.2, -0.15) is 0 Å². The van der Waals surface area contributed by atoms with Crippen LogP contribution in [0, 0.1) is 13.8 Å². The number of nitrogens with two attached hydrogens (primary N) is 1. The van der Waals surface area contributed by atoms with E-state index in [4.69, 9.17) is 15.2 Å². The van der Waals surface area contributed by atoms with Gasteiger partial charge < -0.3 is 15.2 Å². The first-order chi connectivity index (χ1) is 9.47. The van der Waals surface area contributed by atoms with Crippen LogP contribution in [0.5, 0.6) is 17.2 Å². The van der Waals surface area contributed by atoms with Gasteiger partial charge in [-0.1, -0.05) is 12.1 Å². The lowest BCUT2D eigenvalue weighted by molar-refractivity contribution is 0.243. The van der Waals surface area contributed by atoms with Crippen LogP contribution in [0.25, 0.3) is 0 Å². The number of hydrogen-bond acceptors (Lipinski definition) is 3. The topological polar surface area (TPSA) is 44.5 Å². The zero-order chi connectivity index (χ0) is 14.7. The fourth-order valence-electron chi connectivity index (χ4n) is 1.90. The van der Waals surface area contributed by atoms with Crippen molar-refractivity contribution in [2.24, 2.45) is 0 Å². The molecule has 2 rings (SSSR count). The van der Waals surface area contributed by atoms with E-state index in [1.165, 1.54) is 5.56 Å². The normalized spacial score (nSPS) is 10.7.